The lowest BCUT2D eigenvalue weighted by Gasteiger charge is -2.08. The Morgan fingerprint density at radius 3 is 2.57 bits per heavy atom. The van der Waals surface area contributed by atoms with E-state index in [1.807, 2.05) is 4.72 Å². The molecule has 0 aliphatic heterocycles. The monoisotopic (exact) mass is 395 g/mol. The van der Waals surface area contributed by atoms with E-state index in [1.165, 1.54) is 13.2 Å². The number of halogens is 2. The number of methoxy groups -OCH3 is 1. The average molecular weight is 396 g/mol. The molecule has 23 heavy (non-hydrogen) atoms. The first-order valence-corrected chi connectivity index (χ1v) is 9.14. The third-order valence-electron chi connectivity index (χ3n) is 2.57. The molecule has 0 aliphatic rings. The molecule has 1 amide bonds. The highest BCUT2D eigenvalue weighted by Gasteiger charge is 2.23. The molecule has 0 spiro atoms. The second-order valence-corrected chi connectivity index (χ2v) is 8.12. The first-order valence-electron chi connectivity index (χ1n) is 6.09. The van der Waals surface area contributed by atoms with Crippen molar-refractivity contribution in [2.45, 2.75) is 4.90 Å². The second kappa shape index (κ2) is 7.39. The minimum Gasteiger partial charge on any atom is -0.497 e. The average Bonchev–Trinajstić information content (AvgIpc) is 2.84. The summed E-state index contributed by atoms with van der Waals surface area (Å²) in [7, 11) is -2.60. The van der Waals surface area contributed by atoms with Crippen LogP contribution in [0.3, 0.4) is 0 Å². The number of amides is 1. The predicted molar refractivity (Wildman–Crippen MR) is 88.2 cm³/mol. The van der Waals surface area contributed by atoms with Crippen molar-refractivity contribution in [3.63, 3.8) is 0 Å². The molecule has 1 aromatic carbocycles. The molecule has 1 heterocycles. The Morgan fingerprint density at radius 1 is 1.26 bits per heavy atom. The molecule has 10 heteroatoms. The summed E-state index contributed by atoms with van der Waals surface area (Å²) < 4.78 is 36.4. The van der Waals surface area contributed by atoms with Crippen LogP contribution in [0, 0.1) is 0 Å². The second-order valence-electron chi connectivity index (χ2n) is 4.18. The van der Waals surface area contributed by atoms with E-state index in [0.29, 0.717) is 11.5 Å². The van der Waals surface area contributed by atoms with Crippen molar-refractivity contribution in [1.29, 1.82) is 0 Å². The minimum absolute atomic E-state index is 0.0241. The molecule has 0 unspecified atom stereocenters. The van der Waals surface area contributed by atoms with Crippen molar-refractivity contribution in [2.24, 2.45) is 0 Å². The first-order chi connectivity index (χ1) is 10.8. The van der Waals surface area contributed by atoms with Gasteiger partial charge in [0.15, 0.2) is 6.61 Å². The van der Waals surface area contributed by atoms with Gasteiger partial charge in [-0.25, -0.2) is 13.1 Å². The van der Waals surface area contributed by atoms with Crippen LogP contribution in [-0.4, -0.2) is 28.0 Å². The molecule has 1 N–H and O–H groups in total. The van der Waals surface area contributed by atoms with E-state index in [9.17, 15) is 13.2 Å². The number of benzene rings is 1. The highest BCUT2D eigenvalue weighted by atomic mass is 35.5. The number of thiophene rings is 1. The van der Waals surface area contributed by atoms with Gasteiger partial charge >= 0.3 is 0 Å². The standard InChI is InChI=1S/C13H11Cl2NO5S2/c1-20-8-3-2-4-9(5-8)21-7-12(17)16-23(18,19)10-6-11(14)22-13(10)15/h2-6H,7H2,1H3,(H,16,17). The third kappa shape index (κ3) is 4.74. The summed E-state index contributed by atoms with van der Waals surface area (Å²) in [5.41, 5.74) is 0. The van der Waals surface area contributed by atoms with Crippen molar-refractivity contribution >= 4 is 50.5 Å². The van der Waals surface area contributed by atoms with Gasteiger partial charge in [0.05, 0.1) is 11.4 Å². The van der Waals surface area contributed by atoms with Crippen LogP contribution in [0.25, 0.3) is 0 Å². The molecule has 0 bridgehead atoms. The predicted octanol–water partition coefficient (Wildman–Crippen LogP) is 2.95. The van der Waals surface area contributed by atoms with Crippen molar-refractivity contribution in [3.8, 4) is 11.5 Å². The largest absolute Gasteiger partial charge is 0.497 e. The number of hydrogen-bond donors (Lipinski definition) is 1. The van der Waals surface area contributed by atoms with Crippen LogP contribution in [0.15, 0.2) is 35.2 Å². The fraction of sp³-hybridized carbons (Fsp3) is 0.154. The van der Waals surface area contributed by atoms with Crippen LogP contribution in [0.2, 0.25) is 8.67 Å². The van der Waals surface area contributed by atoms with Gasteiger partial charge in [-0.3, -0.25) is 4.79 Å². The lowest BCUT2D eigenvalue weighted by Crippen LogP contribution is -2.34. The number of hydrogen-bond acceptors (Lipinski definition) is 6. The Labute approximate surface area is 147 Å². The van der Waals surface area contributed by atoms with Crippen molar-refractivity contribution in [3.05, 3.63) is 39.0 Å². The van der Waals surface area contributed by atoms with Gasteiger partial charge in [0, 0.05) is 6.07 Å². The highest BCUT2D eigenvalue weighted by Crippen LogP contribution is 2.34. The van der Waals surface area contributed by atoms with Crippen LogP contribution in [0.5, 0.6) is 11.5 Å². The lowest BCUT2D eigenvalue weighted by molar-refractivity contribution is -0.121. The van der Waals surface area contributed by atoms with Gasteiger partial charge in [0.1, 0.15) is 20.7 Å². The van der Waals surface area contributed by atoms with Crippen molar-refractivity contribution in [1.82, 2.24) is 4.72 Å². The summed E-state index contributed by atoms with van der Waals surface area (Å²) in [5.74, 6) is 0.0787. The molecule has 0 saturated carbocycles. The summed E-state index contributed by atoms with van der Waals surface area (Å²) in [6.45, 7) is -0.484. The lowest BCUT2D eigenvalue weighted by atomic mass is 10.3. The molecule has 2 rings (SSSR count). The fourth-order valence-corrected chi connectivity index (χ4v) is 4.70. The zero-order valence-electron chi connectivity index (χ0n) is 11.7. The molecule has 0 fully saturated rings. The Hall–Kier alpha value is -1.48. The molecule has 0 radical (unpaired) electrons. The van der Waals surface area contributed by atoms with E-state index in [2.05, 4.69) is 0 Å². The van der Waals surface area contributed by atoms with Crippen LogP contribution in [-0.2, 0) is 14.8 Å². The number of rotatable bonds is 6. The van der Waals surface area contributed by atoms with E-state index in [0.717, 1.165) is 11.3 Å². The number of ether oxygens (including phenoxy) is 2. The molecule has 0 saturated heterocycles. The number of nitrogens with one attached hydrogen (secondary N) is 1. The van der Waals surface area contributed by atoms with E-state index < -0.39 is 22.5 Å². The zero-order chi connectivity index (χ0) is 17.0. The van der Waals surface area contributed by atoms with E-state index >= 15 is 0 Å². The molecule has 124 valence electrons. The molecular weight excluding hydrogens is 385 g/mol. The summed E-state index contributed by atoms with van der Waals surface area (Å²) in [6.07, 6.45) is 0. The molecule has 6 nitrogen and oxygen atoms in total. The molecular formula is C13H11Cl2NO5S2. The van der Waals surface area contributed by atoms with E-state index in [4.69, 9.17) is 32.7 Å². The maximum atomic E-state index is 12.0. The first kappa shape index (κ1) is 17.9. The van der Waals surface area contributed by atoms with Gasteiger partial charge < -0.3 is 9.47 Å². The normalized spacial score (nSPS) is 11.1. The fourth-order valence-electron chi connectivity index (χ4n) is 1.58. The van der Waals surface area contributed by atoms with E-state index in [-0.39, 0.29) is 13.6 Å². The van der Waals surface area contributed by atoms with Crippen molar-refractivity contribution < 1.29 is 22.7 Å². The third-order valence-corrected chi connectivity index (χ3v) is 5.70. The minimum atomic E-state index is -4.10. The van der Waals surface area contributed by atoms with Gasteiger partial charge in [-0.1, -0.05) is 29.3 Å². The van der Waals surface area contributed by atoms with Gasteiger partial charge in [-0.05, 0) is 18.2 Å². The Morgan fingerprint density at radius 2 is 1.96 bits per heavy atom. The van der Waals surface area contributed by atoms with Crippen LogP contribution in [0.4, 0.5) is 0 Å². The quantitative estimate of drug-likeness (QED) is 0.812. The maximum Gasteiger partial charge on any atom is 0.271 e. The summed E-state index contributed by atoms with van der Waals surface area (Å²) in [5, 5.41) is 0. The summed E-state index contributed by atoms with van der Waals surface area (Å²) in [6, 6.07) is 7.74. The maximum absolute atomic E-state index is 12.0. The van der Waals surface area contributed by atoms with Crippen LogP contribution < -0.4 is 14.2 Å². The van der Waals surface area contributed by atoms with Gasteiger partial charge in [0.2, 0.25) is 0 Å². The SMILES string of the molecule is COc1cccc(OCC(=O)NS(=O)(=O)c2cc(Cl)sc2Cl)c1. The molecule has 1 aromatic heterocycles. The molecule has 0 atom stereocenters. The van der Waals surface area contributed by atoms with Crippen molar-refractivity contribution in [2.75, 3.05) is 13.7 Å². The number of sulfonamides is 1. The topological polar surface area (TPSA) is 81.7 Å². The van der Waals surface area contributed by atoms with E-state index in [1.54, 1.807) is 24.3 Å². The highest BCUT2D eigenvalue weighted by molar-refractivity contribution is 7.90. The Kier molecular flexibility index (Phi) is 5.74. The molecule has 0 aliphatic carbocycles. The zero-order valence-corrected chi connectivity index (χ0v) is 14.9. The van der Waals surface area contributed by atoms with Gasteiger partial charge in [-0.2, -0.15) is 0 Å². The summed E-state index contributed by atoms with van der Waals surface area (Å²) in [4.78, 5) is 11.5. The Balaban J connectivity index is 2.00. The number of carbonyl (C=O) groups excluding carboxylic acids is 1. The van der Waals surface area contributed by atoms with Gasteiger partial charge in [0.25, 0.3) is 15.9 Å². The molecule has 2 aromatic rings. The van der Waals surface area contributed by atoms with Crippen LogP contribution >= 0.6 is 34.5 Å². The number of carbonyl (C=O) groups is 1. The smallest absolute Gasteiger partial charge is 0.271 e. The summed E-state index contributed by atoms with van der Waals surface area (Å²) >= 11 is 12.4. The van der Waals surface area contributed by atoms with Gasteiger partial charge in [-0.15, -0.1) is 11.3 Å². The van der Waals surface area contributed by atoms with Crippen LogP contribution in [0.1, 0.15) is 0 Å². The Bertz CT molecular complexity index is 820.